The molecule has 0 bridgehead atoms. The van der Waals surface area contributed by atoms with Crippen molar-refractivity contribution in [2.45, 2.75) is 44.2 Å². The molecule has 1 aromatic heterocycles. The molecule has 13 heteroatoms. The lowest BCUT2D eigenvalue weighted by atomic mass is 9.94. The zero-order valence-corrected chi connectivity index (χ0v) is 21.0. The number of carbonyl (C=O) groups excluding carboxylic acids is 4. The molecular weight excluding hydrogens is 462 g/mol. The van der Waals surface area contributed by atoms with E-state index >= 15 is 0 Å². The van der Waals surface area contributed by atoms with Gasteiger partial charge in [-0.25, -0.2) is 4.79 Å². The van der Waals surface area contributed by atoms with Gasteiger partial charge in [-0.05, 0) is 26.3 Å². The molecule has 35 heavy (non-hydrogen) atoms. The lowest BCUT2D eigenvalue weighted by Gasteiger charge is -2.30. The molecule has 13 nitrogen and oxygen atoms in total. The third-order valence-corrected chi connectivity index (χ3v) is 5.28. The Kier molecular flexibility index (Phi) is 9.60. The van der Waals surface area contributed by atoms with Gasteiger partial charge in [0.05, 0.1) is 46.8 Å². The number of aryl methyl sites for hydroxylation is 1. The molecule has 0 saturated carbocycles. The zero-order chi connectivity index (χ0) is 26.2. The second-order valence-corrected chi connectivity index (χ2v) is 9.40. The number of esters is 4. The number of hydrogen-bond donors (Lipinski definition) is 2. The summed E-state index contributed by atoms with van der Waals surface area (Å²) in [4.78, 5) is 55.3. The Labute approximate surface area is 204 Å². The summed E-state index contributed by atoms with van der Waals surface area (Å²) in [6.07, 6.45) is 1.09. The summed E-state index contributed by atoms with van der Waals surface area (Å²) in [5.41, 5.74) is 3.38. The molecule has 0 aliphatic carbocycles. The van der Waals surface area contributed by atoms with Crippen LogP contribution < -0.4 is 15.8 Å². The number of rotatable bonds is 12. The summed E-state index contributed by atoms with van der Waals surface area (Å²) in [7, 11) is 7.37. The molecule has 1 aromatic rings. The van der Waals surface area contributed by atoms with Crippen LogP contribution in [0, 0.1) is 0 Å². The SMILES string of the molecule is CCOC(=O)C(CC(=O)OCC[N+](C)(C)C)(CC(=O)Oc1cn(C)c(N)n1)OC(=O)[C@@H]1CCCN1. The van der Waals surface area contributed by atoms with E-state index in [1.54, 1.807) is 14.0 Å². The summed E-state index contributed by atoms with van der Waals surface area (Å²) in [6, 6.07) is -0.676. The van der Waals surface area contributed by atoms with Gasteiger partial charge in [0, 0.05) is 7.05 Å². The van der Waals surface area contributed by atoms with Crippen LogP contribution in [0.3, 0.4) is 0 Å². The second kappa shape index (κ2) is 12.0. The summed E-state index contributed by atoms with van der Waals surface area (Å²) in [5, 5.41) is 2.97. The molecule has 0 spiro atoms. The van der Waals surface area contributed by atoms with Crippen molar-refractivity contribution in [3.8, 4) is 5.88 Å². The number of nitrogens with one attached hydrogen (secondary N) is 1. The average Bonchev–Trinajstić information content (AvgIpc) is 3.37. The van der Waals surface area contributed by atoms with Crippen LogP contribution >= 0.6 is 0 Å². The van der Waals surface area contributed by atoms with Crippen molar-refractivity contribution in [1.82, 2.24) is 14.9 Å². The highest BCUT2D eigenvalue weighted by atomic mass is 16.6. The topological polar surface area (TPSA) is 161 Å². The molecule has 1 saturated heterocycles. The number of ether oxygens (including phenoxy) is 4. The fourth-order valence-electron chi connectivity index (χ4n) is 3.34. The normalized spacial score (nSPS) is 17.3. The van der Waals surface area contributed by atoms with E-state index in [9.17, 15) is 19.2 Å². The summed E-state index contributed by atoms with van der Waals surface area (Å²) in [5.74, 6) is -3.63. The first kappa shape index (κ1) is 28.1. The molecule has 0 aromatic carbocycles. The molecular formula is C22H36N5O8+. The van der Waals surface area contributed by atoms with Crippen LogP contribution in [0.1, 0.15) is 32.6 Å². The highest BCUT2D eigenvalue weighted by Crippen LogP contribution is 2.27. The Bertz CT molecular complexity index is 900. The first-order valence-electron chi connectivity index (χ1n) is 11.4. The number of aromatic nitrogens is 2. The second-order valence-electron chi connectivity index (χ2n) is 9.40. The quantitative estimate of drug-likeness (QED) is 0.218. The van der Waals surface area contributed by atoms with Gasteiger partial charge >= 0.3 is 23.9 Å². The molecule has 3 N–H and O–H groups in total. The number of hydrogen-bond acceptors (Lipinski definition) is 11. The number of likely N-dealkylation sites (N-methyl/N-ethyl adjacent to an activating group) is 1. The minimum absolute atomic E-state index is 0.0665. The Morgan fingerprint density at radius 3 is 2.43 bits per heavy atom. The molecule has 2 atom stereocenters. The smallest absolute Gasteiger partial charge is 0.351 e. The molecule has 1 fully saturated rings. The van der Waals surface area contributed by atoms with Crippen molar-refractivity contribution in [3.05, 3.63) is 6.20 Å². The Morgan fingerprint density at radius 2 is 1.89 bits per heavy atom. The average molecular weight is 499 g/mol. The maximum Gasteiger partial charge on any atom is 0.351 e. The van der Waals surface area contributed by atoms with E-state index in [1.165, 1.54) is 10.8 Å². The number of nitrogens with zero attached hydrogens (tertiary/aromatic N) is 3. The molecule has 0 amide bonds. The predicted molar refractivity (Wildman–Crippen MR) is 123 cm³/mol. The lowest BCUT2D eigenvalue weighted by Crippen LogP contribution is -2.51. The molecule has 2 rings (SSSR count). The number of imidazole rings is 1. The van der Waals surface area contributed by atoms with Crippen molar-refractivity contribution < 1.29 is 42.6 Å². The summed E-state index contributed by atoms with van der Waals surface area (Å²) >= 11 is 0. The fourth-order valence-corrected chi connectivity index (χ4v) is 3.34. The van der Waals surface area contributed by atoms with Gasteiger partial charge in [0.2, 0.25) is 17.4 Å². The van der Waals surface area contributed by atoms with Gasteiger partial charge in [0.1, 0.15) is 19.2 Å². The van der Waals surface area contributed by atoms with Gasteiger partial charge in [-0.15, -0.1) is 0 Å². The van der Waals surface area contributed by atoms with Gasteiger partial charge in [-0.2, -0.15) is 4.98 Å². The first-order chi connectivity index (χ1) is 16.3. The fraction of sp³-hybridized carbons (Fsp3) is 0.682. The van der Waals surface area contributed by atoms with Gasteiger partial charge in [0.25, 0.3) is 0 Å². The molecule has 2 heterocycles. The van der Waals surface area contributed by atoms with Crippen LogP contribution in [0.15, 0.2) is 6.20 Å². The van der Waals surface area contributed by atoms with Crippen molar-refractivity contribution in [3.63, 3.8) is 0 Å². The summed E-state index contributed by atoms with van der Waals surface area (Å²) < 4.78 is 23.1. The van der Waals surface area contributed by atoms with E-state index in [1.807, 2.05) is 21.1 Å². The van der Waals surface area contributed by atoms with Crippen molar-refractivity contribution in [2.24, 2.45) is 7.05 Å². The first-order valence-corrected chi connectivity index (χ1v) is 11.4. The zero-order valence-electron chi connectivity index (χ0n) is 21.0. The van der Waals surface area contributed by atoms with E-state index in [2.05, 4.69) is 10.3 Å². The van der Waals surface area contributed by atoms with Crippen LogP contribution in [0.4, 0.5) is 5.95 Å². The standard InChI is InChI=1S/C22H36N5O8/c1-6-32-20(31)22(35-19(30)15-8-7-9-24-15,12-17(28)33-11-10-27(3,4)5)13-18(29)34-16-14-26(2)21(23)25-16/h14-15,24H,6-13H2,1-5H3,(H2,23,25)/q+1/t15-,22?/m0/s1. The number of nitrogen functional groups attached to an aromatic ring is 1. The number of quaternary nitrogens is 1. The highest BCUT2D eigenvalue weighted by molar-refractivity contribution is 5.93. The molecule has 1 unspecified atom stereocenters. The Hall–Kier alpha value is -3.19. The minimum Gasteiger partial charge on any atom is -0.463 e. The van der Waals surface area contributed by atoms with Crippen LogP contribution in [0.25, 0.3) is 0 Å². The molecule has 196 valence electrons. The molecule has 0 radical (unpaired) electrons. The monoisotopic (exact) mass is 498 g/mol. The van der Waals surface area contributed by atoms with Gasteiger partial charge in [0.15, 0.2) is 0 Å². The Balaban J connectivity index is 2.28. The number of anilines is 1. The number of carbonyl (C=O) groups is 4. The van der Waals surface area contributed by atoms with Crippen LogP contribution in [-0.2, 0) is 40.4 Å². The van der Waals surface area contributed by atoms with Crippen LogP contribution in [0.2, 0.25) is 0 Å². The van der Waals surface area contributed by atoms with Crippen molar-refractivity contribution in [1.29, 1.82) is 0 Å². The van der Waals surface area contributed by atoms with E-state index in [4.69, 9.17) is 24.7 Å². The maximum atomic E-state index is 13.1. The van der Waals surface area contributed by atoms with E-state index in [-0.39, 0.29) is 25.0 Å². The third-order valence-electron chi connectivity index (χ3n) is 5.28. The molecule has 1 aliphatic heterocycles. The van der Waals surface area contributed by atoms with Gasteiger partial charge in [-0.1, -0.05) is 0 Å². The number of nitrogens with two attached hydrogens (primary N) is 1. The minimum atomic E-state index is -2.28. The van der Waals surface area contributed by atoms with E-state index < -0.39 is 48.4 Å². The maximum absolute atomic E-state index is 13.1. The van der Waals surface area contributed by atoms with Gasteiger partial charge in [-0.3, -0.25) is 14.4 Å². The predicted octanol–water partition coefficient (Wildman–Crippen LogP) is -0.466. The van der Waals surface area contributed by atoms with Crippen molar-refractivity contribution in [2.75, 3.05) is 53.2 Å². The highest BCUT2D eigenvalue weighted by Gasteiger charge is 2.50. The summed E-state index contributed by atoms with van der Waals surface area (Å²) in [6.45, 7) is 2.66. The Morgan fingerprint density at radius 1 is 1.20 bits per heavy atom. The van der Waals surface area contributed by atoms with Gasteiger partial charge < -0.3 is 39.0 Å². The van der Waals surface area contributed by atoms with E-state index in [0.29, 0.717) is 24.0 Å². The lowest BCUT2D eigenvalue weighted by molar-refractivity contribution is -0.870. The molecule has 1 aliphatic rings. The van der Waals surface area contributed by atoms with Crippen LogP contribution in [0.5, 0.6) is 5.88 Å². The largest absolute Gasteiger partial charge is 0.463 e. The van der Waals surface area contributed by atoms with Crippen molar-refractivity contribution >= 4 is 29.8 Å². The van der Waals surface area contributed by atoms with Crippen LogP contribution in [-0.4, -0.2) is 97.0 Å². The third kappa shape index (κ3) is 8.51. The van der Waals surface area contributed by atoms with E-state index in [0.717, 1.165) is 6.42 Å².